The maximum atomic E-state index is 8.94. The van der Waals surface area contributed by atoms with Gasteiger partial charge in [-0.05, 0) is 33.2 Å². The van der Waals surface area contributed by atoms with Crippen LogP contribution < -0.4 is 0 Å². The van der Waals surface area contributed by atoms with Crippen molar-refractivity contribution in [3.8, 4) is 6.07 Å². The van der Waals surface area contributed by atoms with Gasteiger partial charge in [0.25, 0.3) is 0 Å². The zero-order valence-electron chi connectivity index (χ0n) is 12.4. The van der Waals surface area contributed by atoms with Crippen LogP contribution in [0.5, 0.6) is 0 Å². The number of hydrogen-bond donors (Lipinski definition) is 0. The fourth-order valence-electron chi connectivity index (χ4n) is 1.73. The summed E-state index contributed by atoms with van der Waals surface area (Å²) in [6, 6.07) is 2.34. The van der Waals surface area contributed by atoms with Gasteiger partial charge in [-0.2, -0.15) is 5.26 Å². The van der Waals surface area contributed by atoms with Crippen LogP contribution in [0.15, 0.2) is 0 Å². The molecular weight excluding hydrogens is 228 g/mol. The summed E-state index contributed by atoms with van der Waals surface area (Å²) in [4.78, 5) is 2.35. The van der Waals surface area contributed by atoms with E-state index < -0.39 is 0 Å². The molecule has 0 amide bonds. The van der Waals surface area contributed by atoms with E-state index in [4.69, 9.17) is 14.7 Å². The smallest absolute Gasteiger partial charge is 0.0683 e. The highest BCUT2D eigenvalue weighted by atomic mass is 16.5. The van der Waals surface area contributed by atoms with E-state index >= 15 is 0 Å². The lowest BCUT2D eigenvalue weighted by atomic mass is 9.89. The number of methoxy groups -OCH3 is 2. The topological polar surface area (TPSA) is 45.5 Å². The van der Waals surface area contributed by atoms with E-state index in [0.717, 1.165) is 52.1 Å². The number of unbranched alkanes of at least 4 members (excludes halogenated alkanes) is 1. The van der Waals surface area contributed by atoms with Gasteiger partial charge in [-0.25, -0.2) is 0 Å². The molecule has 0 aromatic carbocycles. The van der Waals surface area contributed by atoms with Crippen LogP contribution in [0.3, 0.4) is 0 Å². The molecule has 0 N–H and O–H groups in total. The quantitative estimate of drug-likeness (QED) is 0.532. The molecule has 0 aromatic rings. The second kappa shape index (κ2) is 10.3. The molecule has 0 rings (SSSR count). The van der Waals surface area contributed by atoms with Gasteiger partial charge in [0.2, 0.25) is 0 Å². The van der Waals surface area contributed by atoms with Crippen LogP contribution in [-0.2, 0) is 9.47 Å². The van der Waals surface area contributed by atoms with Gasteiger partial charge in [0.15, 0.2) is 0 Å². The molecule has 0 aromatic heterocycles. The predicted octanol–water partition coefficient (Wildman–Crippen LogP) is 2.30. The summed E-state index contributed by atoms with van der Waals surface area (Å²) in [5.41, 5.74) is -0.191. The normalized spacial score (nSPS) is 11.8. The molecule has 4 nitrogen and oxygen atoms in total. The molecule has 0 unspecified atom stereocenters. The molecule has 0 radical (unpaired) electrons. The first-order chi connectivity index (χ1) is 8.55. The largest absolute Gasteiger partial charge is 0.383 e. The minimum atomic E-state index is -0.191. The Morgan fingerprint density at radius 2 is 1.56 bits per heavy atom. The Morgan fingerprint density at radius 1 is 1.00 bits per heavy atom. The number of nitrogens with zero attached hydrogens (tertiary/aromatic N) is 2. The molecule has 0 spiro atoms. The van der Waals surface area contributed by atoms with Gasteiger partial charge >= 0.3 is 0 Å². The van der Waals surface area contributed by atoms with Gasteiger partial charge in [0.05, 0.1) is 24.7 Å². The molecule has 0 aliphatic rings. The standard InChI is InChI=1S/C14H28N2O2/c1-14(2,13-15)7-5-6-8-16(9-11-17-3)10-12-18-4/h5-12H2,1-4H3. The van der Waals surface area contributed by atoms with Crippen molar-refractivity contribution in [2.75, 3.05) is 47.1 Å². The van der Waals surface area contributed by atoms with Crippen molar-refractivity contribution in [3.63, 3.8) is 0 Å². The molecule has 0 saturated carbocycles. The van der Waals surface area contributed by atoms with Gasteiger partial charge in [0, 0.05) is 27.3 Å². The van der Waals surface area contributed by atoms with Gasteiger partial charge in [-0.1, -0.05) is 6.42 Å². The van der Waals surface area contributed by atoms with Crippen LogP contribution in [0.2, 0.25) is 0 Å². The van der Waals surface area contributed by atoms with E-state index in [1.807, 2.05) is 13.8 Å². The Labute approximate surface area is 112 Å². The fourth-order valence-corrected chi connectivity index (χ4v) is 1.73. The average Bonchev–Trinajstić information content (AvgIpc) is 2.36. The molecule has 0 atom stereocenters. The first kappa shape index (κ1) is 17.4. The number of nitriles is 1. The van der Waals surface area contributed by atoms with Crippen LogP contribution in [0.1, 0.15) is 33.1 Å². The van der Waals surface area contributed by atoms with Crippen molar-refractivity contribution in [3.05, 3.63) is 0 Å². The molecule has 0 aliphatic heterocycles. The van der Waals surface area contributed by atoms with Gasteiger partial charge in [0.1, 0.15) is 0 Å². The van der Waals surface area contributed by atoms with E-state index in [9.17, 15) is 0 Å². The molecule has 0 heterocycles. The van der Waals surface area contributed by atoms with Gasteiger partial charge in [-0.3, -0.25) is 4.90 Å². The third-order valence-electron chi connectivity index (χ3n) is 3.05. The number of ether oxygens (including phenoxy) is 2. The molecule has 0 saturated heterocycles. The maximum Gasteiger partial charge on any atom is 0.0683 e. The van der Waals surface area contributed by atoms with E-state index in [1.54, 1.807) is 14.2 Å². The Kier molecular flexibility index (Phi) is 9.95. The summed E-state index contributed by atoms with van der Waals surface area (Å²) in [5.74, 6) is 0. The summed E-state index contributed by atoms with van der Waals surface area (Å²) in [6.07, 6.45) is 3.18. The van der Waals surface area contributed by atoms with Crippen molar-refractivity contribution >= 4 is 0 Å². The third kappa shape index (κ3) is 9.41. The van der Waals surface area contributed by atoms with Gasteiger partial charge < -0.3 is 9.47 Å². The zero-order chi connectivity index (χ0) is 13.9. The summed E-state index contributed by atoms with van der Waals surface area (Å²) in [7, 11) is 3.45. The Bertz CT molecular complexity index is 228. The summed E-state index contributed by atoms with van der Waals surface area (Å²) >= 11 is 0. The summed E-state index contributed by atoms with van der Waals surface area (Å²) in [6.45, 7) is 8.46. The van der Waals surface area contributed by atoms with E-state index in [2.05, 4.69) is 11.0 Å². The van der Waals surface area contributed by atoms with Crippen molar-refractivity contribution in [2.24, 2.45) is 5.41 Å². The van der Waals surface area contributed by atoms with Crippen molar-refractivity contribution in [1.29, 1.82) is 5.26 Å². The van der Waals surface area contributed by atoms with Gasteiger partial charge in [-0.15, -0.1) is 0 Å². The number of rotatable bonds is 11. The third-order valence-corrected chi connectivity index (χ3v) is 3.05. The first-order valence-corrected chi connectivity index (χ1v) is 6.67. The lowest BCUT2D eigenvalue weighted by Gasteiger charge is -2.22. The highest BCUT2D eigenvalue weighted by molar-refractivity contribution is 4.91. The molecule has 106 valence electrons. The minimum absolute atomic E-state index is 0.191. The average molecular weight is 256 g/mol. The zero-order valence-corrected chi connectivity index (χ0v) is 12.4. The van der Waals surface area contributed by atoms with Crippen LogP contribution in [0.4, 0.5) is 0 Å². The second-order valence-corrected chi connectivity index (χ2v) is 5.28. The van der Waals surface area contributed by atoms with E-state index in [1.165, 1.54) is 0 Å². The SMILES string of the molecule is COCCN(CCCCC(C)(C)C#N)CCOC. The molecular formula is C14H28N2O2. The molecule has 0 fully saturated rings. The first-order valence-electron chi connectivity index (χ1n) is 6.67. The summed E-state index contributed by atoms with van der Waals surface area (Å²) in [5, 5.41) is 8.94. The Hall–Kier alpha value is -0.630. The van der Waals surface area contributed by atoms with Crippen LogP contribution >= 0.6 is 0 Å². The van der Waals surface area contributed by atoms with Crippen molar-refractivity contribution < 1.29 is 9.47 Å². The van der Waals surface area contributed by atoms with Crippen LogP contribution in [-0.4, -0.2) is 52.0 Å². The number of hydrogen-bond acceptors (Lipinski definition) is 4. The highest BCUT2D eigenvalue weighted by Gasteiger charge is 2.15. The maximum absolute atomic E-state index is 8.94. The lowest BCUT2D eigenvalue weighted by molar-refractivity contribution is 0.112. The van der Waals surface area contributed by atoms with Crippen molar-refractivity contribution in [2.45, 2.75) is 33.1 Å². The Balaban J connectivity index is 3.78. The minimum Gasteiger partial charge on any atom is -0.383 e. The predicted molar refractivity (Wildman–Crippen MR) is 73.4 cm³/mol. The molecule has 4 heteroatoms. The van der Waals surface area contributed by atoms with Crippen LogP contribution in [0.25, 0.3) is 0 Å². The molecule has 0 bridgehead atoms. The second-order valence-electron chi connectivity index (χ2n) is 5.28. The highest BCUT2D eigenvalue weighted by Crippen LogP contribution is 2.21. The van der Waals surface area contributed by atoms with Crippen LogP contribution in [0, 0.1) is 16.7 Å². The lowest BCUT2D eigenvalue weighted by Crippen LogP contribution is -2.31. The summed E-state index contributed by atoms with van der Waals surface area (Å²) < 4.78 is 10.2. The molecule has 18 heavy (non-hydrogen) atoms. The van der Waals surface area contributed by atoms with E-state index in [-0.39, 0.29) is 5.41 Å². The monoisotopic (exact) mass is 256 g/mol. The fraction of sp³-hybridized carbons (Fsp3) is 0.929. The van der Waals surface area contributed by atoms with E-state index in [0.29, 0.717) is 0 Å². The van der Waals surface area contributed by atoms with Crippen molar-refractivity contribution in [1.82, 2.24) is 4.90 Å². The molecule has 0 aliphatic carbocycles. The Morgan fingerprint density at radius 3 is 2.00 bits per heavy atom.